The Labute approximate surface area is 168 Å². The predicted molar refractivity (Wildman–Crippen MR) is 105 cm³/mol. The summed E-state index contributed by atoms with van der Waals surface area (Å²) in [7, 11) is -3.50. The normalized spacial score (nSPS) is 18.0. The van der Waals surface area contributed by atoms with Gasteiger partial charge >= 0.3 is 0 Å². The summed E-state index contributed by atoms with van der Waals surface area (Å²) in [6.07, 6.45) is 3.09. The van der Waals surface area contributed by atoms with E-state index < -0.39 is 15.8 Å². The fourth-order valence-electron chi connectivity index (χ4n) is 3.24. The van der Waals surface area contributed by atoms with Gasteiger partial charge in [-0.2, -0.15) is 4.31 Å². The van der Waals surface area contributed by atoms with E-state index in [1.165, 1.54) is 23.5 Å². The minimum atomic E-state index is -3.50. The molecule has 3 rings (SSSR count). The van der Waals surface area contributed by atoms with Gasteiger partial charge in [-0.25, -0.2) is 12.8 Å². The first-order valence-electron chi connectivity index (χ1n) is 9.18. The van der Waals surface area contributed by atoms with Crippen molar-refractivity contribution < 1.29 is 22.3 Å². The molecule has 0 bridgehead atoms. The van der Waals surface area contributed by atoms with E-state index in [0.717, 1.165) is 19.3 Å². The van der Waals surface area contributed by atoms with Crippen LogP contribution in [0.15, 0.2) is 46.0 Å². The van der Waals surface area contributed by atoms with E-state index in [1.54, 1.807) is 34.0 Å². The maximum atomic E-state index is 13.5. The van der Waals surface area contributed by atoms with E-state index in [-0.39, 0.29) is 24.3 Å². The van der Waals surface area contributed by atoms with Crippen molar-refractivity contribution in [1.82, 2.24) is 9.62 Å². The topological polar surface area (TPSA) is 75.7 Å². The lowest BCUT2D eigenvalue weighted by molar-refractivity contribution is -0.123. The molecule has 1 unspecified atom stereocenters. The molecule has 0 aliphatic carbocycles. The number of para-hydroxylation sites is 1. The van der Waals surface area contributed by atoms with E-state index in [4.69, 9.17) is 4.74 Å². The van der Waals surface area contributed by atoms with Crippen molar-refractivity contribution in [3.8, 4) is 5.75 Å². The van der Waals surface area contributed by atoms with Crippen LogP contribution in [-0.2, 0) is 14.8 Å². The molecule has 9 heteroatoms. The van der Waals surface area contributed by atoms with E-state index in [9.17, 15) is 17.6 Å². The Morgan fingerprint density at radius 1 is 1.25 bits per heavy atom. The van der Waals surface area contributed by atoms with Gasteiger partial charge in [-0.1, -0.05) is 24.6 Å². The number of halogens is 1. The average Bonchev–Trinajstić information content (AvgIpc) is 3.23. The summed E-state index contributed by atoms with van der Waals surface area (Å²) >= 11 is 1.21. The summed E-state index contributed by atoms with van der Waals surface area (Å²) in [6, 6.07) is 9.09. The third-order valence-electron chi connectivity index (χ3n) is 4.63. The third kappa shape index (κ3) is 5.09. The van der Waals surface area contributed by atoms with Gasteiger partial charge in [-0.05, 0) is 42.8 Å². The smallest absolute Gasteiger partial charge is 0.257 e. The van der Waals surface area contributed by atoms with Crippen LogP contribution in [0.2, 0.25) is 0 Å². The van der Waals surface area contributed by atoms with Crippen molar-refractivity contribution >= 4 is 27.3 Å². The van der Waals surface area contributed by atoms with Crippen molar-refractivity contribution in [3.63, 3.8) is 0 Å². The number of nitrogens with one attached hydrogen (secondary N) is 1. The van der Waals surface area contributed by atoms with Crippen LogP contribution in [0.3, 0.4) is 0 Å². The Morgan fingerprint density at radius 2 is 2.07 bits per heavy atom. The number of hydrogen-bond donors (Lipinski definition) is 1. The molecule has 1 aromatic heterocycles. The Balaban J connectivity index is 1.50. The second kappa shape index (κ2) is 9.49. The number of nitrogens with zero attached hydrogens (tertiary/aromatic N) is 1. The molecule has 1 aromatic carbocycles. The molecule has 1 aliphatic heterocycles. The lowest BCUT2D eigenvalue weighted by Gasteiger charge is -2.34. The third-order valence-corrected chi connectivity index (χ3v) is 7.95. The number of hydrogen-bond acceptors (Lipinski definition) is 5. The zero-order valence-electron chi connectivity index (χ0n) is 15.3. The number of rotatable bonds is 8. The molecule has 1 N–H and O–H groups in total. The summed E-state index contributed by atoms with van der Waals surface area (Å²) < 4.78 is 46.3. The lowest BCUT2D eigenvalue weighted by atomic mass is 10.0. The number of benzene rings is 1. The molecule has 0 radical (unpaired) electrons. The van der Waals surface area contributed by atoms with Crippen molar-refractivity contribution in [2.24, 2.45) is 0 Å². The van der Waals surface area contributed by atoms with E-state index in [1.807, 2.05) is 0 Å². The number of amides is 1. The predicted octanol–water partition coefficient (Wildman–Crippen LogP) is 3.02. The average molecular weight is 427 g/mol. The molecule has 0 saturated carbocycles. The molecular formula is C19H23FN2O4S2. The number of sulfonamides is 1. The fourth-order valence-corrected chi connectivity index (χ4v) is 6.08. The molecule has 28 heavy (non-hydrogen) atoms. The van der Waals surface area contributed by atoms with Gasteiger partial charge in [0.25, 0.3) is 15.9 Å². The number of carbonyl (C=O) groups is 1. The lowest BCUT2D eigenvalue weighted by Crippen LogP contribution is -2.45. The van der Waals surface area contributed by atoms with Gasteiger partial charge in [0, 0.05) is 19.1 Å². The summed E-state index contributed by atoms with van der Waals surface area (Å²) in [5.74, 6) is -0.864. The summed E-state index contributed by atoms with van der Waals surface area (Å²) in [4.78, 5) is 11.9. The first kappa shape index (κ1) is 20.8. The molecule has 1 atom stereocenters. The highest BCUT2D eigenvalue weighted by molar-refractivity contribution is 7.91. The standard InChI is InChI=1S/C19H23FN2O4S2/c20-16-7-1-2-8-17(16)26-14-18(23)21-11-10-15-6-3-4-12-22(15)28(24,25)19-9-5-13-27-19/h1-2,5,7-9,13,15H,3-4,6,10-12,14H2,(H,21,23). The van der Waals surface area contributed by atoms with E-state index >= 15 is 0 Å². The molecule has 6 nitrogen and oxygen atoms in total. The highest BCUT2D eigenvalue weighted by Crippen LogP contribution is 2.29. The Hall–Kier alpha value is -1.97. The van der Waals surface area contributed by atoms with Gasteiger partial charge in [-0.3, -0.25) is 4.79 Å². The molecule has 152 valence electrons. The Morgan fingerprint density at radius 3 is 2.82 bits per heavy atom. The van der Waals surface area contributed by atoms with Crippen molar-refractivity contribution in [1.29, 1.82) is 0 Å². The monoisotopic (exact) mass is 426 g/mol. The van der Waals surface area contributed by atoms with Crippen LogP contribution in [0.5, 0.6) is 5.75 Å². The van der Waals surface area contributed by atoms with E-state index in [0.29, 0.717) is 23.7 Å². The Bertz CT molecular complexity index is 887. The minimum Gasteiger partial charge on any atom is -0.481 e. The SMILES string of the molecule is O=C(COc1ccccc1F)NCCC1CCCCN1S(=O)(=O)c1cccs1. The summed E-state index contributed by atoms with van der Waals surface area (Å²) in [5.41, 5.74) is 0. The fraction of sp³-hybridized carbons (Fsp3) is 0.421. The van der Waals surface area contributed by atoms with E-state index in [2.05, 4.69) is 5.32 Å². The van der Waals surface area contributed by atoms with Crippen LogP contribution >= 0.6 is 11.3 Å². The zero-order chi connectivity index (χ0) is 20.0. The van der Waals surface area contributed by atoms with Gasteiger partial charge in [0.1, 0.15) is 4.21 Å². The van der Waals surface area contributed by atoms with Crippen LogP contribution in [0.4, 0.5) is 4.39 Å². The van der Waals surface area contributed by atoms with Gasteiger partial charge < -0.3 is 10.1 Å². The number of thiophene rings is 1. The highest BCUT2D eigenvalue weighted by Gasteiger charge is 2.33. The first-order valence-corrected chi connectivity index (χ1v) is 11.5. The first-order chi connectivity index (χ1) is 13.5. The number of ether oxygens (including phenoxy) is 1. The van der Waals surface area contributed by atoms with Gasteiger partial charge in [0.05, 0.1) is 0 Å². The second-order valence-electron chi connectivity index (χ2n) is 6.56. The molecule has 1 aliphatic rings. The molecule has 0 spiro atoms. The van der Waals surface area contributed by atoms with Crippen LogP contribution in [0.1, 0.15) is 25.7 Å². The second-order valence-corrected chi connectivity index (χ2v) is 9.62. The van der Waals surface area contributed by atoms with Crippen molar-refractivity contribution in [3.05, 3.63) is 47.6 Å². The summed E-state index contributed by atoms with van der Waals surface area (Å²) in [5, 5.41) is 4.47. The molecule has 1 amide bonds. The maximum Gasteiger partial charge on any atom is 0.257 e. The molecule has 2 aromatic rings. The van der Waals surface area contributed by atoms with Crippen molar-refractivity contribution in [2.75, 3.05) is 19.7 Å². The molecule has 2 heterocycles. The van der Waals surface area contributed by atoms with Gasteiger partial charge in [-0.15, -0.1) is 11.3 Å². The molecular weight excluding hydrogens is 403 g/mol. The number of carbonyl (C=O) groups excluding carboxylic acids is 1. The van der Waals surface area contributed by atoms with Crippen LogP contribution in [0.25, 0.3) is 0 Å². The summed E-state index contributed by atoms with van der Waals surface area (Å²) in [6.45, 7) is 0.540. The molecule has 1 saturated heterocycles. The van der Waals surface area contributed by atoms with Crippen molar-refractivity contribution in [2.45, 2.75) is 35.9 Å². The largest absolute Gasteiger partial charge is 0.481 e. The maximum absolute atomic E-state index is 13.5. The highest BCUT2D eigenvalue weighted by atomic mass is 32.2. The quantitative estimate of drug-likeness (QED) is 0.704. The van der Waals surface area contributed by atoms with Crippen LogP contribution in [-0.4, -0.2) is 44.4 Å². The van der Waals surface area contributed by atoms with Gasteiger partial charge in [0.15, 0.2) is 18.2 Å². The Kier molecular flexibility index (Phi) is 7.03. The van der Waals surface area contributed by atoms with Crippen LogP contribution in [0, 0.1) is 5.82 Å². The number of piperidine rings is 1. The van der Waals surface area contributed by atoms with Crippen LogP contribution < -0.4 is 10.1 Å². The minimum absolute atomic E-state index is 0.0261. The molecule has 1 fully saturated rings. The zero-order valence-corrected chi connectivity index (χ0v) is 17.0. The van der Waals surface area contributed by atoms with Gasteiger partial charge in [0.2, 0.25) is 0 Å².